The van der Waals surface area contributed by atoms with Crippen LogP contribution in [-0.4, -0.2) is 29.9 Å². The highest BCUT2D eigenvalue weighted by Gasteiger charge is 2.09. The number of benzene rings is 7. The second kappa shape index (κ2) is 76.2. The topological polar surface area (TPSA) is 130 Å². The highest BCUT2D eigenvalue weighted by atomic mass is 32.1. The van der Waals surface area contributed by atoms with Crippen LogP contribution in [0, 0.1) is 54.1 Å². The fraction of sp³-hybridized carbons (Fsp3) is 0.484. The van der Waals surface area contributed by atoms with Crippen LogP contribution in [-0.2, 0) is 0 Å². The van der Waals surface area contributed by atoms with E-state index in [9.17, 15) is 0 Å². The van der Waals surface area contributed by atoms with Gasteiger partial charge in [0, 0.05) is 45.6 Å². The Kier molecular flexibility index (Phi) is 74.4. The largest absolute Gasteiger partial charge is 0.473 e. The average Bonchev–Trinajstić information content (AvgIpc) is 1.62. The fourth-order valence-electron chi connectivity index (χ4n) is 6.48. The second-order valence-corrected chi connectivity index (χ2v) is 46.9. The average molecular weight is 1930 g/mol. The monoisotopic (exact) mass is 1930 g/mol. The Morgan fingerprint density at radius 2 is 0.540 bits per heavy atom. The van der Waals surface area contributed by atoms with Crippen molar-refractivity contribution in [2.45, 2.75) is 341 Å². The van der Waals surface area contributed by atoms with Crippen molar-refractivity contribution in [1.29, 1.82) is 0 Å². The van der Waals surface area contributed by atoms with Crippen molar-refractivity contribution in [3.05, 3.63) is 314 Å². The number of oxazole rings is 2. The van der Waals surface area contributed by atoms with Crippen LogP contribution in [0.1, 0.15) is 341 Å². The lowest BCUT2D eigenvalue weighted by Crippen LogP contribution is -2.00. The predicted octanol–water partition coefficient (Wildman–Crippen LogP) is 43.1. The molecule has 0 aliphatic heterocycles. The number of thiazole rings is 1. The molecule has 0 N–H and O–H groups in total. The lowest BCUT2D eigenvalue weighted by molar-refractivity contribution is 0.397. The summed E-state index contributed by atoms with van der Waals surface area (Å²) >= 11 is 5.10. The number of hydrogen-bond acceptors (Lipinski definition) is 13. The van der Waals surface area contributed by atoms with Crippen LogP contribution in [0.3, 0.4) is 0 Å². The Morgan fingerprint density at radius 3 is 0.825 bits per heavy atom. The number of rotatable bonds is 0. The lowest BCUT2D eigenvalue weighted by Gasteiger charge is -2.12. The highest BCUT2D eigenvalue weighted by molar-refractivity contribution is 7.17. The maximum absolute atomic E-state index is 5.12. The minimum absolute atomic E-state index is 0.542. The van der Waals surface area contributed by atoms with Crippen molar-refractivity contribution in [1.82, 2.24) is 29.9 Å². The van der Waals surface area contributed by atoms with Crippen LogP contribution < -0.4 is 0 Å². The molecule has 0 fully saturated rings. The van der Waals surface area contributed by atoms with E-state index in [0.29, 0.717) is 54.1 Å². The molecule has 137 heavy (non-hydrogen) atoms. The lowest BCUT2D eigenvalue weighted by atomic mass is 9.94. The van der Waals surface area contributed by atoms with E-state index in [1.165, 1.54) is 110 Å². The van der Waals surface area contributed by atoms with Crippen molar-refractivity contribution in [3.63, 3.8) is 0 Å². The summed E-state index contributed by atoms with van der Waals surface area (Å²) < 4.78 is 20.6. The maximum Gasteiger partial charge on any atom is 0.181 e. The molecule has 0 spiro atoms. The van der Waals surface area contributed by atoms with Crippen LogP contribution in [0.4, 0.5) is 0 Å². The molecular weight excluding hydrogens is 1730 g/mol. The smallest absolute Gasteiger partial charge is 0.181 e. The second-order valence-electron chi connectivity index (χ2n) is 44.4. The summed E-state index contributed by atoms with van der Waals surface area (Å²) in [6, 6.07) is 72.4. The van der Waals surface area contributed by atoms with E-state index in [2.05, 4.69) is 412 Å². The molecule has 9 heterocycles. The molecule has 0 aliphatic rings. The third kappa shape index (κ3) is 92.5. The molecule has 7 aromatic carbocycles. The summed E-state index contributed by atoms with van der Waals surface area (Å²) in [6.07, 6.45) is 30.5. The molecule has 13 heteroatoms. The van der Waals surface area contributed by atoms with E-state index in [1.807, 2.05) is 150 Å². The summed E-state index contributed by atoms with van der Waals surface area (Å²) in [4.78, 5) is 23.7. The summed E-state index contributed by atoms with van der Waals surface area (Å²) in [5.41, 5.74) is 12.9. The minimum atomic E-state index is 0.542. The Labute approximate surface area is 849 Å². The quantitative estimate of drug-likeness (QED) is 0.145. The van der Waals surface area contributed by atoms with Gasteiger partial charge < -0.3 is 17.7 Å². The van der Waals surface area contributed by atoms with Gasteiger partial charge in [0.15, 0.2) is 18.4 Å². The number of furan rings is 2. The number of fused-ring (bicyclic) bond motifs is 6. The molecular formula is C124H192N6O4S3. The van der Waals surface area contributed by atoms with Crippen molar-refractivity contribution in [3.8, 4) is 0 Å². The van der Waals surface area contributed by atoms with E-state index in [0.717, 1.165) is 38.6 Å². The number of aromatic nitrogens is 6. The number of thiophene rings is 2. The molecule has 10 nitrogen and oxygen atoms in total. The third-order valence-electron chi connectivity index (χ3n) is 20.7. The Balaban J connectivity index is -0.000000683. The van der Waals surface area contributed by atoms with Gasteiger partial charge in [-0.1, -0.05) is 487 Å². The third-order valence-corrected chi connectivity index (χ3v) is 22.7. The molecule has 9 aromatic heterocycles. The van der Waals surface area contributed by atoms with Crippen LogP contribution in [0.15, 0.2) is 332 Å². The molecule has 0 bridgehead atoms. The molecule has 0 saturated heterocycles. The normalized spacial score (nSPS) is 10.6. The van der Waals surface area contributed by atoms with Crippen molar-refractivity contribution >= 4 is 98.9 Å². The van der Waals surface area contributed by atoms with Gasteiger partial charge in [-0.2, -0.15) is 11.3 Å². The van der Waals surface area contributed by atoms with E-state index < -0.39 is 0 Å². The molecule has 0 radical (unpaired) electrons. The first-order valence-electron chi connectivity index (χ1n) is 49.5. The molecule has 0 saturated carbocycles. The van der Waals surface area contributed by atoms with Gasteiger partial charge in [0.2, 0.25) is 0 Å². The van der Waals surface area contributed by atoms with Gasteiger partial charge in [0.1, 0.15) is 17.4 Å². The standard InChI is InChI=1S/C10H8.C9H7N.C8H6N2.C8H6O.C8H6S.C7H5NO.10C6H14.C4H4O.C4H4S.C3H3NO.C3H3NS/c1-2-6-10-8-4-3-7-9(10)5-1;1-2-6-9-8(4-1)5-3-7-10-9;1-2-4-8-7(3-1)9-5-6-10-8;2*1-2-4-8-7(3-1)5-6-9-8;1-2-4-7-6(3-1)8-5-9-7;10*1-5-6(2,3)4;2*1-2-4-5-3-1;2*1-2-5-3-4-1/h1-8H;1-7H;1-6H;2*1-6H;1-5H;10*5H2,1-4H3;2*1-4H;2*1-3H. The first kappa shape index (κ1) is 134. The van der Waals surface area contributed by atoms with E-state index in [4.69, 9.17) is 8.83 Å². The van der Waals surface area contributed by atoms with Crippen molar-refractivity contribution < 1.29 is 17.7 Å². The van der Waals surface area contributed by atoms with Gasteiger partial charge in [-0.05, 0) is 159 Å². The number of pyridine rings is 1. The van der Waals surface area contributed by atoms with Crippen LogP contribution >= 0.6 is 34.0 Å². The molecule has 0 aliphatic carbocycles. The van der Waals surface area contributed by atoms with E-state index in [-0.39, 0.29) is 0 Å². The van der Waals surface area contributed by atoms with Gasteiger partial charge >= 0.3 is 0 Å². The van der Waals surface area contributed by atoms with Crippen LogP contribution in [0.5, 0.6) is 0 Å². The summed E-state index contributed by atoms with van der Waals surface area (Å²) in [7, 11) is 0. The van der Waals surface area contributed by atoms with Gasteiger partial charge in [0.25, 0.3) is 0 Å². The van der Waals surface area contributed by atoms with Gasteiger partial charge in [0.05, 0.1) is 47.0 Å². The summed E-state index contributed by atoms with van der Waals surface area (Å²) in [6.45, 7) is 89.4. The predicted molar refractivity (Wildman–Crippen MR) is 616 cm³/mol. The fourth-order valence-corrected chi connectivity index (χ4v) is 8.07. The van der Waals surface area contributed by atoms with Crippen molar-refractivity contribution in [2.75, 3.05) is 0 Å². The highest BCUT2D eigenvalue weighted by Crippen LogP contribution is 2.24. The zero-order valence-electron chi connectivity index (χ0n) is 93.6. The minimum Gasteiger partial charge on any atom is -0.473 e. The molecule has 0 atom stereocenters. The van der Waals surface area contributed by atoms with Gasteiger partial charge in [-0.15, -0.1) is 22.7 Å². The first-order valence-corrected chi connectivity index (χ1v) is 52.3. The first-order chi connectivity index (χ1) is 63.9. The molecule has 16 aromatic rings. The molecule has 0 amide bonds. The van der Waals surface area contributed by atoms with E-state index in [1.54, 1.807) is 83.1 Å². The SMILES string of the molecule is CCC(C)(C)C.CCC(C)(C)C.CCC(C)(C)C.CCC(C)(C)C.CCC(C)(C)C.CCC(C)(C)C.CCC(C)(C)C.CCC(C)(C)C.CCC(C)(C)C.CCC(C)(C)C.c1ccc2ccccc2c1.c1ccc2ncccc2c1.c1ccc2nccnc2c1.c1ccc2occc2c1.c1ccc2ocnc2c1.c1ccc2sccc2c1.c1ccoc1.c1ccsc1.c1cocn1.c1cscn1. The maximum atomic E-state index is 5.12. The number of nitrogens with zero attached hydrogens (tertiary/aromatic N) is 6. The van der Waals surface area contributed by atoms with E-state index >= 15 is 0 Å². The Hall–Kier alpha value is -9.66. The van der Waals surface area contributed by atoms with Crippen molar-refractivity contribution in [2.24, 2.45) is 54.1 Å². The molecule has 760 valence electrons. The van der Waals surface area contributed by atoms with Gasteiger partial charge in [-0.25, -0.2) is 9.97 Å². The summed E-state index contributed by atoms with van der Waals surface area (Å²) in [5, 5.41) is 14.5. The molecule has 0 unspecified atom stereocenters. The Bertz CT molecular complexity index is 4180. The number of para-hydroxylation sites is 6. The summed E-state index contributed by atoms with van der Waals surface area (Å²) in [5.74, 6) is 0. The Morgan fingerprint density at radius 1 is 0.212 bits per heavy atom. The number of hydrogen-bond donors (Lipinski definition) is 0. The van der Waals surface area contributed by atoms with Crippen LogP contribution in [0.2, 0.25) is 0 Å². The van der Waals surface area contributed by atoms with Gasteiger partial charge in [-0.3, -0.25) is 19.9 Å². The zero-order valence-corrected chi connectivity index (χ0v) is 96.1. The molecule has 16 rings (SSSR count). The van der Waals surface area contributed by atoms with Crippen LogP contribution in [0.25, 0.3) is 64.9 Å². The zero-order chi connectivity index (χ0) is 105.